The van der Waals surface area contributed by atoms with Crippen LogP contribution in [0.15, 0.2) is 0 Å². The molecule has 0 aliphatic rings. The molecule has 0 saturated carbocycles. The first-order valence-corrected chi connectivity index (χ1v) is 13.7. The molecule has 5 N–H and O–H groups in total. The molecule has 0 aliphatic heterocycles. The highest BCUT2D eigenvalue weighted by atomic mass is 16.4. The Bertz CT molecular complexity index is 451. The third-order valence-corrected chi connectivity index (χ3v) is 6.63. The van der Waals surface area contributed by atoms with E-state index in [2.05, 4.69) is 26.1 Å². The molecule has 1 amide bonds. The van der Waals surface area contributed by atoms with E-state index >= 15 is 0 Å². The summed E-state index contributed by atoms with van der Waals surface area (Å²) in [6.45, 7) is 8.89. The van der Waals surface area contributed by atoms with Crippen LogP contribution in [0.5, 0.6) is 0 Å². The number of hydrogen-bond donors (Lipinski definition) is 4. The van der Waals surface area contributed by atoms with E-state index in [1.807, 2.05) is 0 Å². The number of aliphatic hydroxyl groups is 1. The van der Waals surface area contributed by atoms with Crippen LogP contribution in [-0.4, -0.2) is 41.3 Å². The first-order chi connectivity index (χ1) is 15.8. The summed E-state index contributed by atoms with van der Waals surface area (Å²) in [5.41, 5.74) is 5.34. The fourth-order valence-corrected chi connectivity index (χ4v) is 4.07. The lowest BCUT2D eigenvalue weighted by Gasteiger charge is -2.30. The molecule has 0 radical (unpaired) electrons. The van der Waals surface area contributed by atoms with Crippen molar-refractivity contribution in [2.24, 2.45) is 11.1 Å². The normalized spacial score (nSPS) is 12.1. The quantitative estimate of drug-likeness (QED) is 0.149. The summed E-state index contributed by atoms with van der Waals surface area (Å²) in [4.78, 5) is 21.9. The van der Waals surface area contributed by atoms with Gasteiger partial charge in [0.1, 0.15) is 6.10 Å². The molecule has 0 saturated heterocycles. The highest BCUT2D eigenvalue weighted by molar-refractivity contribution is 5.82. The number of carboxylic acid groups (broad SMARTS) is 1. The molecule has 0 heterocycles. The van der Waals surface area contributed by atoms with Crippen LogP contribution in [0.3, 0.4) is 0 Å². The van der Waals surface area contributed by atoms with Gasteiger partial charge >= 0.3 is 5.97 Å². The molecule has 33 heavy (non-hydrogen) atoms. The van der Waals surface area contributed by atoms with Crippen LogP contribution in [0.2, 0.25) is 0 Å². The number of unbranched alkanes of at least 4 members (excludes halogenated alkanes) is 13. The van der Waals surface area contributed by atoms with E-state index in [1.165, 1.54) is 96.8 Å². The van der Waals surface area contributed by atoms with Gasteiger partial charge in [-0.1, -0.05) is 111 Å². The van der Waals surface area contributed by atoms with Crippen molar-refractivity contribution >= 4 is 11.9 Å². The van der Waals surface area contributed by atoms with Crippen LogP contribution >= 0.6 is 0 Å². The number of carbonyl (C=O) groups excluding carboxylic acids is 1. The molecule has 0 rings (SSSR count). The predicted octanol–water partition coefficient (Wildman–Crippen LogP) is 6.19. The van der Waals surface area contributed by atoms with E-state index in [4.69, 9.17) is 15.9 Å². The summed E-state index contributed by atoms with van der Waals surface area (Å²) >= 11 is 0. The smallest absolute Gasteiger partial charge is 0.332 e. The van der Waals surface area contributed by atoms with Crippen LogP contribution in [0.25, 0.3) is 0 Å². The Morgan fingerprint density at radius 1 is 0.788 bits per heavy atom. The van der Waals surface area contributed by atoms with E-state index in [9.17, 15) is 9.59 Å². The molecular weight excluding hydrogens is 416 g/mol. The van der Waals surface area contributed by atoms with Crippen molar-refractivity contribution in [2.45, 2.75) is 143 Å². The van der Waals surface area contributed by atoms with E-state index in [0.717, 1.165) is 19.3 Å². The summed E-state index contributed by atoms with van der Waals surface area (Å²) in [5.74, 6) is -0.970. The summed E-state index contributed by atoms with van der Waals surface area (Å²) in [6.07, 6.45) is 20.9. The summed E-state index contributed by atoms with van der Waals surface area (Å²) < 4.78 is 0. The molecule has 1 atom stereocenters. The molecule has 6 nitrogen and oxygen atoms in total. The number of rotatable bonds is 21. The Hall–Kier alpha value is -1.14. The monoisotopic (exact) mass is 472 g/mol. The second-order valence-electron chi connectivity index (χ2n) is 9.39. The Morgan fingerprint density at radius 3 is 1.45 bits per heavy atom. The van der Waals surface area contributed by atoms with E-state index in [0.29, 0.717) is 13.1 Å². The van der Waals surface area contributed by atoms with Gasteiger partial charge in [0.15, 0.2) is 0 Å². The van der Waals surface area contributed by atoms with Gasteiger partial charge in [0.05, 0.1) is 0 Å². The van der Waals surface area contributed by atoms with Gasteiger partial charge in [0.2, 0.25) is 5.91 Å². The molecule has 0 aromatic rings. The average molecular weight is 473 g/mol. The number of nitrogens with two attached hydrogens (primary N) is 1. The Kier molecular flexibility index (Phi) is 24.7. The molecule has 0 aliphatic carbocycles. The predicted molar refractivity (Wildman–Crippen MR) is 139 cm³/mol. The van der Waals surface area contributed by atoms with Gasteiger partial charge in [-0.3, -0.25) is 4.79 Å². The molecule has 0 spiro atoms. The maximum atomic E-state index is 12.5. The molecule has 0 fully saturated rings. The maximum absolute atomic E-state index is 12.5. The fraction of sp³-hybridized carbons (Fsp3) is 0.926. The highest BCUT2D eigenvalue weighted by Crippen LogP contribution is 2.33. The molecule has 0 aromatic carbocycles. The zero-order valence-corrected chi connectivity index (χ0v) is 22.3. The number of aliphatic carboxylic acids is 1. The van der Waals surface area contributed by atoms with Crippen LogP contribution in [0.1, 0.15) is 137 Å². The second kappa shape index (κ2) is 24.0. The zero-order valence-electron chi connectivity index (χ0n) is 22.3. The van der Waals surface area contributed by atoms with Crippen molar-refractivity contribution < 1.29 is 19.8 Å². The number of carbonyl (C=O) groups is 2. The largest absolute Gasteiger partial charge is 0.479 e. The fourth-order valence-electron chi connectivity index (χ4n) is 4.07. The molecular formula is C27H56N2O4. The van der Waals surface area contributed by atoms with Gasteiger partial charge in [-0.2, -0.15) is 0 Å². The number of carboxylic acids is 1. The van der Waals surface area contributed by atoms with Gasteiger partial charge in [-0.15, -0.1) is 0 Å². The molecule has 198 valence electrons. The SMILES string of the molecule is CC(O)C(=O)O.CCCCCCCCCCCCCCCCC(CC)(CC)C(=O)NCCN. The van der Waals surface area contributed by atoms with Crippen molar-refractivity contribution in [1.82, 2.24) is 5.32 Å². The molecule has 0 aromatic heterocycles. The maximum Gasteiger partial charge on any atom is 0.332 e. The molecule has 1 unspecified atom stereocenters. The van der Waals surface area contributed by atoms with Crippen molar-refractivity contribution in [3.8, 4) is 0 Å². The minimum Gasteiger partial charge on any atom is -0.479 e. The van der Waals surface area contributed by atoms with Crippen molar-refractivity contribution in [3.05, 3.63) is 0 Å². The van der Waals surface area contributed by atoms with E-state index < -0.39 is 12.1 Å². The first-order valence-electron chi connectivity index (χ1n) is 13.7. The van der Waals surface area contributed by atoms with Crippen molar-refractivity contribution in [1.29, 1.82) is 0 Å². The van der Waals surface area contributed by atoms with Crippen LogP contribution in [0, 0.1) is 5.41 Å². The standard InChI is InChI=1S/C24H50N2O.C3H6O3/c1-4-7-8-9-10-11-12-13-14-15-16-17-18-19-20-24(5-2,6-3)23(27)26-22-21-25;1-2(4)3(5)6/h4-22,25H2,1-3H3,(H,26,27);2,4H,1H3,(H,5,6). The summed E-state index contributed by atoms with van der Waals surface area (Å²) in [6, 6.07) is 0. The second-order valence-corrected chi connectivity index (χ2v) is 9.39. The number of aliphatic hydroxyl groups excluding tert-OH is 1. The van der Waals surface area contributed by atoms with E-state index in [1.54, 1.807) is 0 Å². The van der Waals surface area contributed by atoms with Crippen molar-refractivity contribution in [2.75, 3.05) is 13.1 Å². The third-order valence-electron chi connectivity index (χ3n) is 6.63. The van der Waals surface area contributed by atoms with Gasteiger partial charge < -0.3 is 21.3 Å². The average Bonchev–Trinajstić information content (AvgIpc) is 2.80. The summed E-state index contributed by atoms with van der Waals surface area (Å²) in [7, 11) is 0. The third kappa shape index (κ3) is 20.0. The lowest BCUT2D eigenvalue weighted by molar-refractivity contribution is -0.145. The Morgan fingerprint density at radius 2 is 1.15 bits per heavy atom. The lowest BCUT2D eigenvalue weighted by atomic mass is 9.76. The Labute approximate surface area is 204 Å². The topological polar surface area (TPSA) is 113 Å². The zero-order chi connectivity index (χ0) is 25.4. The number of amides is 1. The Balaban J connectivity index is 0. The van der Waals surface area contributed by atoms with Crippen molar-refractivity contribution in [3.63, 3.8) is 0 Å². The van der Waals surface area contributed by atoms with Crippen LogP contribution < -0.4 is 11.1 Å². The summed E-state index contributed by atoms with van der Waals surface area (Å²) in [5, 5.41) is 18.8. The van der Waals surface area contributed by atoms with Crippen LogP contribution in [-0.2, 0) is 9.59 Å². The number of hydrogen-bond acceptors (Lipinski definition) is 4. The van der Waals surface area contributed by atoms with E-state index in [-0.39, 0.29) is 11.3 Å². The van der Waals surface area contributed by atoms with Gasteiger partial charge in [-0.05, 0) is 26.2 Å². The van der Waals surface area contributed by atoms with Gasteiger partial charge in [-0.25, -0.2) is 4.79 Å². The number of nitrogens with one attached hydrogen (secondary N) is 1. The lowest BCUT2D eigenvalue weighted by Crippen LogP contribution is -2.42. The van der Waals surface area contributed by atoms with Gasteiger partial charge in [0, 0.05) is 18.5 Å². The minimum absolute atomic E-state index is 0.174. The highest BCUT2D eigenvalue weighted by Gasteiger charge is 2.33. The molecule has 6 heteroatoms. The first kappa shape index (κ1) is 34.0. The minimum atomic E-state index is -1.23. The van der Waals surface area contributed by atoms with Gasteiger partial charge in [0.25, 0.3) is 0 Å². The van der Waals surface area contributed by atoms with Crippen LogP contribution in [0.4, 0.5) is 0 Å². The molecule has 0 bridgehead atoms.